The van der Waals surface area contributed by atoms with Crippen molar-refractivity contribution in [1.29, 1.82) is 0 Å². The molecule has 0 radical (unpaired) electrons. The van der Waals surface area contributed by atoms with Crippen LogP contribution in [0.1, 0.15) is 50.1 Å². The van der Waals surface area contributed by atoms with Crippen molar-refractivity contribution in [2.24, 2.45) is 5.73 Å². The highest BCUT2D eigenvalue weighted by Crippen LogP contribution is 2.35. The van der Waals surface area contributed by atoms with Gasteiger partial charge in [0.2, 0.25) is 5.91 Å². The summed E-state index contributed by atoms with van der Waals surface area (Å²) in [6.07, 6.45) is 6.04. The number of nitrogens with zero attached hydrogens (tertiary/aromatic N) is 2. The number of anilines is 1. The molecule has 3 rings (SSSR count). The van der Waals surface area contributed by atoms with E-state index in [0.29, 0.717) is 25.3 Å². The Labute approximate surface area is 149 Å². The van der Waals surface area contributed by atoms with Gasteiger partial charge in [-0.1, -0.05) is 31.0 Å². The molecule has 2 aromatic rings. The molecule has 0 unspecified atom stereocenters. The van der Waals surface area contributed by atoms with E-state index in [1.54, 1.807) is 0 Å². The van der Waals surface area contributed by atoms with E-state index in [0.717, 1.165) is 17.2 Å². The minimum absolute atomic E-state index is 0. The predicted molar refractivity (Wildman–Crippen MR) is 98.9 cm³/mol. The first-order valence-corrected chi connectivity index (χ1v) is 8.43. The van der Waals surface area contributed by atoms with Gasteiger partial charge in [-0.25, -0.2) is 4.68 Å². The first-order chi connectivity index (χ1) is 11.3. The zero-order chi connectivity index (χ0) is 16.1. The summed E-state index contributed by atoms with van der Waals surface area (Å²) < 4.78 is 1.84. The van der Waals surface area contributed by atoms with Crippen LogP contribution in [0, 0.1) is 0 Å². The number of carbonyl (C=O) groups excluding carboxylic acids is 1. The fraction of sp³-hybridized carbons (Fsp3) is 0.444. The van der Waals surface area contributed by atoms with Gasteiger partial charge in [-0.2, -0.15) is 5.10 Å². The maximum absolute atomic E-state index is 12.1. The second-order valence-electron chi connectivity index (χ2n) is 6.12. The molecule has 0 spiro atoms. The van der Waals surface area contributed by atoms with E-state index in [4.69, 9.17) is 10.8 Å². The number of amides is 1. The van der Waals surface area contributed by atoms with Gasteiger partial charge in [0, 0.05) is 18.4 Å². The maximum atomic E-state index is 12.1. The Bertz CT molecular complexity index is 650. The van der Waals surface area contributed by atoms with E-state index in [2.05, 4.69) is 5.32 Å². The molecule has 1 amide bonds. The molecule has 0 aliphatic heterocycles. The van der Waals surface area contributed by atoms with Gasteiger partial charge in [-0.15, -0.1) is 12.4 Å². The van der Waals surface area contributed by atoms with Crippen molar-refractivity contribution in [2.45, 2.75) is 44.4 Å². The number of hydrogen-bond acceptors (Lipinski definition) is 3. The Balaban J connectivity index is 0.00000208. The van der Waals surface area contributed by atoms with Gasteiger partial charge >= 0.3 is 0 Å². The van der Waals surface area contributed by atoms with Crippen LogP contribution in [0.3, 0.4) is 0 Å². The van der Waals surface area contributed by atoms with Crippen LogP contribution in [0.4, 0.5) is 5.82 Å². The SMILES string of the molecule is Cl.NCCCC(=O)Nc1cc(C2CCCC2)nn1-c1ccccc1. The second-order valence-corrected chi connectivity index (χ2v) is 6.12. The standard InChI is InChI=1S/C18H24N4O.ClH/c19-12-6-11-18(23)20-17-13-16(14-7-4-5-8-14)21-22(17)15-9-2-1-3-10-15;/h1-3,9-10,13-14H,4-8,11-12,19H2,(H,20,23);1H. The summed E-state index contributed by atoms with van der Waals surface area (Å²) >= 11 is 0. The average molecular weight is 349 g/mol. The lowest BCUT2D eigenvalue weighted by atomic mass is 10.0. The smallest absolute Gasteiger partial charge is 0.225 e. The van der Waals surface area contributed by atoms with Gasteiger partial charge in [0.25, 0.3) is 0 Å². The molecule has 0 bridgehead atoms. The third kappa shape index (κ3) is 4.36. The molecule has 1 aromatic carbocycles. The molecule has 130 valence electrons. The Kier molecular flexibility index (Phi) is 6.82. The van der Waals surface area contributed by atoms with E-state index in [-0.39, 0.29) is 18.3 Å². The predicted octanol–water partition coefficient (Wildman–Crippen LogP) is 3.63. The first kappa shape index (κ1) is 18.5. The number of para-hydroxylation sites is 1. The fourth-order valence-corrected chi connectivity index (χ4v) is 3.14. The van der Waals surface area contributed by atoms with Crippen LogP contribution >= 0.6 is 12.4 Å². The second kappa shape index (κ2) is 8.85. The molecular formula is C18H25ClN4O. The Morgan fingerprint density at radius 2 is 1.96 bits per heavy atom. The number of hydrogen-bond donors (Lipinski definition) is 2. The third-order valence-corrected chi connectivity index (χ3v) is 4.38. The highest BCUT2D eigenvalue weighted by Gasteiger charge is 2.22. The number of nitrogens with two attached hydrogens (primary N) is 1. The minimum Gasteiger partial charge on any atom is -0.330 e. The molecule has 1 aliphatic carbocycles. The Hall–Kier alpha value is -1.85. The van der Waals surface area contributed by atoms with E-state index in [9.17, 15) is 4.79 Å². The molecule has 1 saturated carbocycles. The summed E-state index contributed by atoms with van der Waals surface area (Å²) in [4.78, 5) is 12.1. The topological polar surface area (TPSA) is 72.9 Å². The quantitative estimate of drug-likeness (QED) is 0.837. The van der Waals surface area contributed by atoms with Crippen LogP contribution in [0.5, 0.6) is 0 Å². The number of benzene rings is 1. The van der Waals surface area contributed by atoms with Gasteiger partial charge < -0.3 is 11.1 Å². The summed E-state index contributed by atoms with van der Waals surface area (Å²) in [5.74, 6) is 1.25. The van der Waals surface area contributed by atoms with Crippen LogP contribution in [0.15, 0.2) is 36.4 Å². The molecule has 6 heteroatoms. The lowest BCUT2D eigenvalue weighted by Crippen LogP contribution is -2.16. The largest absolute Gasteiger partial charge is 0.330 e. The maximum Gasteiger partial charge on any atom is 0.225 e. The van der Waals surface area contributed by atoms with E-state index in [1.165, 1.54) is 25.7 Å². The summed E-state index contributed by atoms with van der Waals surface area (Å²) in [5.41, 5.74) is 7.53. The van der Waals surface area contributed by atoms with Gasteiger partial charge in [0.15, 0.2) is 0 Å². The van der Waals surface area contributed by atoms with Gasteiger partial charge in [-0.3, -0.25) is 4.79 Å². The summed E-state index contributed by atoms with van der Waals surface area (Å²) in [6, 6.07) is 12.0. The third-order valence-electron chi connectivity index (χ3n) is 4.38. The number of nitrogens with one attached hydrogen (secondary N) is 1. The van der Waals surface area contributed by atoms with Crippen molar-refractivity contribution in [1.82, 2.24) is 9.78 Å². The molecule has 5 nitrogen and oxygen atoms in total. The van der Waals surface area contributed by atoms with Crippen LogP contribution in [-0.2, 0) is 4.79 Å². The lowest BCUT2D eigenvalue weighted by molar-refractivity contribution is -0.116. The highest BCUT2D eigenvalue weighted by molar-refractivity contribution is 5.90. The van der Waals surface area contributed by atoms with Crippen molar-refractivity contribution < 1.29 is 4.79 Å². The number of rotatable bonds is 6. The van der Waals surface area contributed by atoms with Crippen LogP contribution in [0.2, 0.25) is 0 Å². The average Bonchev–Trinajstić information content (AvgIpc) is 3.23. The van der Waals surface area contributed by atoms with Gasteiger partial charge in [0.1, 0.15) is 5.82 Å². The normalized spacial score (nSPS) is 14.4. The number of aromatic nitrogens is 2. The minimum atomic E-state index is -0.00879. The summed E-state index contributed by atoms with van der Waals surface area (Å²) in [7, 11) is 0. The lowest BCUT2D eigenvalue weighted by Gasteiger charge is -2.08. The molecule has 1 aromatic heterocycles. The van der Waals surface area contributed by atoms with Crippen LogP contribution < -0.4 is 11.1 Å². The first-order valence-electron chi connectivity index (χ1n) is 8.43. The van der Waals surface area contributed by atoms with Gasteiger partial charge in [-0.05, 0) is 37.9 Å². The molecule has 1 aliphatic rings. The van der Waals surface area contributed by atoms with E-state index in [1.807, 2.05) is 41.1 Å². The van der Waals surface area contributed by atoms with Crippen molar-refractivity contribution >= 4 is 24.1 Å². The van der Waals surface area contributed by atoms with Crippen molar-refractivity contribution in [3.63, 3.8) is 0 Å². The molecule has 1 fully saturated rings. The molecule has 3 N–H and O–H groups in total. The summed E-state index contributed by atoms with van der Waals surface area (Å²) in [6.45, 7) is 0.526. The molecule has 0 atom stereocenters. The van der Waals surface area contributed by atoms with E-state index < -0.39 is 0 Å². The zero-order valence-electron chi connectivity index (χ0n) is 13.8. The van der Waals surface area contributed by atoms with Crippen molar-refractivity contribution in [3.8, 4) is 5.69 Å². The molecule has 0 saturated heterocycles. The Morgan fingerprint density at radius 1 is 1.25 bits per heavy atom. The van der Waals surface area contributed by atoms with Crippen LogP contribution in [-0.4, -0.2) is 22.2 Å². The van der Waals surface area contributed by atoms with Crippen LogP contribution in [0.25, 0.3) is 5.69 Å². The number of carbonyl (C=O) groups is 1. The molecule has 24 heavy (non-hydrogen) atoms. The Morgan fingerprint density at radius 3 is 2.62 bits per heavy atom. The van der Waals surface area contributed by atoms with Crippen molar-refractivity contribution in [3.05, 3.63) is 42.1 Å². The molecule has 1 heterocycles. The fourth-order valence-electron chi connectivity index (χ4n) is 3.14. The van der Waals surface area contributed by atoms with Gasteiger partial charge in [0.05, 0.1) is 11.4 Å². The summed E-state index contributed by atoms with van der Waals surface area (Å²) in [5, 5.41) is 7.77. The highest BCUT2D eigenvalue weighted by atomic mass is 35.5. The van der Waals surface area contributed by atoms with Crippen molar-refractivity contribution in [2.75, 3.05) is 11.9 Å². The zero-order valence-corrected chi connectivity index (χ0v) is 14.6. The number of halogens is 1. The molecular weight excluding hydrogens is 324 g/mol. The monoisotopic (exact) mass is 348 g/mol. The van der Waals surface area contributed by atoms with E-state index >= 15 is 0 Å².